The highest BCUT2D eigenvalue weighted by atomic mass is 35.5. The molecule has 0 aliphatic rings. The second kappa shape index (κ2) is 6.71. The summed E-state index contributed by atoms with van der Waals surface area (Å²) in [5, 5.41) is 17.5. The molecule has 6 N–H and O–H groups in total. The van der Waals surface area contributed by atoms with E-state index in [2.05, 4.69) is 4.98 Å². The molecule has 1 heterocycles. The molecule has 13 heavy (non-hydrogen) atoms. The van der Waals surface area contributed by atoms with Crippen molar-refractivity contribution in [1.29, 1.82) is 0 Å². The summed E-state index contributed by atoms with van der Waals surface area (Å²) < 4.78 is 0. The minimum atomic E-state index is -0.410. The van der Waals surface area contributed by atoms with E-state index in [1.54, 1.807) is 0 Å². The third-order valence-electron chi connectivity index (χ3n) is 1.04. The Morgan fingerprint density at radius 1 is 0.923 bits per heavy atom. The minimum Gasteiger partial charge on any atom is -0.492 e. The monoisotopic (exact) mass is 249 g/mol. The molecule has 0 aromatic carbocycles. The van der Waals surface area contributed by atoms with Crippen LogP contribution < -0.4 is 11.5 Å². The largest absolute Gasteiger partial charge is 0.492 e. The third-order valence-corrected chi connectivity index (χ3v) is 1.04. The lowest BCUT2D eigenvalue weighted by Gasteiger charge is -1.99. The number of anilines is 2. The van der Waals surface area contributed by atoms with Gasteiger partial charge < -0.3 is 21.7 Å². The van der Waals surface area contributed by atoms with Crippen LogP contribution in [0, 0.1) is 0 Å². The first-order valence-corrected chi connectivity index (χ1v) is 2.55. The zero-order chi connectivity index (χ0) is 7.72. The molecule has 1 rings (SSSR count). The van der Waals surface area contributed by atoms with Crippen LogP contribution in [0.25, 0.3) is 0 Å². The van der Waals surface area contributed by atoms with Gasteiger partial charge in [-0.3, -0.25) is 0 Å². The van der Waals surface area contributed by atoms with Gasteiger partial charge in [-0.25, -0.2) is 0 Å². The van der Waals surface area contributed by atoms with Crippen LogP contribution in [0.15, 0.2) is 6.07 Å². The van der Waals surface area contributed by atoms with Crippen molar-refractivity contribution in [1.82, 2.24) is 4.98 Å². The van der Waals surface area contributed by atoms with Crippen molar-refractivity contribution in [2.45, 2.75) is 0 Å². The maximum atomic E-state index is 8.77. The Kier molecular flexibility index (Phi) is 9.33. The van der Waals surface area contributed by atoms with Gasteiger partial charge in [0.05, 0.1) is 11.4 Å². The van der Waals surface area contributed by atoms with Crippen molar-refractivity contribution in [3.05, 3.63) is 6.07 Å². The molecule has 1 aromatic rings. The summed E-state index contributed by atoms with van der Waals surface area (Å²) in [5.74, 6) is -0.821. The van der Waals surface area contributed by atoms with Crippen LogP contribution in [0.2, 0.25) is 0 Å². The van der Waals surface area contributed by atoms with Crippen LogP contribution in [0.3, 0.4) is 0 Å². The smallest absolute Gasteiger partial charge is 0.238 e. The lowest BCUT2D eigenvalue weighted by Crippen LogP contribution is -1.93. The second-order valence-corrected chi connectivity index (χ2v) is 1.81. The molecule has 0 unspecified atom stereocenters. The molecular formula is C5H10Cl3N3O2. The van der Waals surface area contributed by atoms with Crippen molar-refractivity contribution in [3.8, 4) is 11.8 Å². The molecule has 5 nitrogen and oxygen atoms in total. The lowest BCUT2D eigenvalue weighted by atomic mass is 10.3. The number of halogens is 3. The molecule has 0 radical (unpaired) electrons. The fourth-order valence-corrected chi connectivity index (χ4v) is 0.526. The normalized spacial score (nSPS) is 7.38. The topological polar surface area (TPSA) is 105 Å². The van der Waals surface area contributed by atoms with Crippen molar-refractivity contribution in [2.24, 2.45) is 0 Å². The molecular weight excluding hydrogens is 240 g/mol. The molecule has 0 saturated carbocycles. The van der Waals surface area contributed by atoms with E-state index in [0.717, 1.165) is 0 Å². The maximum Gasteiger partial charge on any atom is 0.238 e. The van der Waals surface area contributed by atoms with Gasteiger partial charge in [0.15, 0.2) is 0 Å². The fraction of sp³-hybridized carbons (Fsp3) is 0. The summed E-state index contributed by atoms with van der Waals surface area (Å²) in [6, 6.07) is 1.23. The van der Waals surface area contributed by atoms with Gasteiger partial charge in [-0.1, -0.05) is 0 Å². The van der Waals surface area contributed by atoms with E-state index < -0.39 is 11.8 Å². The van der Waals surface area contributed by atoms with Crippen molar-refractivity contribution < 1.29 is 10.2 Å². The van der Waals surface area contributed by atoms with E-state index in [9.17, 15) is 0 Å². The van der Waals surface area contributed by atoms with Gasteiger partial charge in [0.1, 0.15) is 0 Å². The van der Waals surface area contributed by atoms with Crippen molar-refractivity contribution in [3.63, 3.8) is 0 Å². The number of hydrogen-bond donors (Lipinski definition) is 4. The Morgan fingerprint density at radius 3 is 1.46 bits per heavy atom. The minimum absolute atomic E-state index is 0. The summed E-state index contributed by atoms with van der Waals surface area (Å²) in [6.45, 7) is 0. The molecule has 0 saturated heterocycles. The van der Waals surface area contributed by atoms with Gasteiger partial charge in [0.2, 0.25) is 11.8 Å². The molecule has 0 spiro atoms. The highest BCUT2D eigenvalue weighted by Crippen LogP contribution is 2.25. The summed E-state index contributed by atoms with van der Waals surface area (Å²) in [6.07, 6.45) is 0. The molecule has 0 aliphatic heterocycles. The number of aromatic nitrogens is 1. The first-order valence-electron chi connectivity index (χ1n) is 2.55. The number of hydrogen-bond acceptors (Lipinski definition) is 5. The van der Waals surface area contributed by atoms with Gasteiger partial charge in [-0.15, -0.1) is 37.2 Å². The van der Waals surface area contributed by atoms with E-state index in [-0.39, 0.29) is 48.6 Å². The van der Waals surface area contributed by atoms with Crippen LogP contribution in [-0.4, -0.2) is 15.2 Å². The average Bonchev–Trinajstić information content (AvgIpc) is 1.84. The van der Waals surface area contributed by atoms with Gasteiger partial charge in [0.25, 0.3) is 0 Å². The number of nitrogens with zero attached hydrogens (tertiary/aromatic N) is 1. The number of nitrogen functional groups attached to an aromatic ring is 2. The van der Waals surface area contributed by atoms with Crippen LogP contribution in [0.1, 0.15) is 0 Å². The standard InChI is InChI=1S/C5H7N3O2.3ClH/c6-2-1-3(7)5(10)8-4(2)9;;;/h1H,6-7H2,(H2,8,9,10);3*1H. The van der Waals surface area contributed by atoms with Crippen molar-refractivity contribution >= 4 is 48.6 Å². The molecule has 1 aromatic heterocycles. The zero-order valence-electron chi connectivity index (χ0n) is 6.30. The molecule has 0 bridgehead atoms. The highest BCUT2D eigenvalue weighted by molar-refractivity contribution is 5.86. The van der Waals surface area contributed by atoms with Crippen LogP contribution in [0.4, 0.5) is 11.4 Å². The summed E-state index contributed by atoms with van der Waals surface area (Å²) in [4.78, 5) is 3.23. The van der Waals surface area contributed by atoms with Crippen LogP contribution in [-0.2, 0) is 0 Å². The van der Waals surface area contributed by atoms with Gasteiger partial charge in [-0.2, -0.15) is 4.98 Å². The lowest BCUT2D eigenvalue weighted by molar-refractivity contribution is 0.417. The third kappa shape index (κ3) is 4.12. The summed E-state index contributed by atoms with van der Waals surface area (Å²) in [5.41, 5.74) is 10.5. The van der Waals surface area contributed by atoms with Gasteiger partial charge >= 0.3 is 0 Å². The Bertz CT molecular complexity index is 221. The Labute approximate surface area is 93.4 Å². The maximum absolute atomic E-state index is 8.77. The fourth-order valence-electron chi connectivity index (χ4n) is 0.526. The van der Waals surface area contributed by atoms with E-state index in [1.165, 1.54) is 6.07 Å². The average molecular weight is 251 g/mol. The predicted molar refractivity (Wildman–Crippen MR) is 58.1 cm³/mol. The molecule has 78 valence electrons. The van der Waals surface area contributed by atoms with Crippen LogP contribution in [0.5, 0.6) is 11.8 Å². The first-order chi connectivity index (χ1) is 4.61. The first kappa shape index (κ1) is 18.1. The number of aromatic hydroxyl groups is 2. The molecule has 0 aliphatic carbocycles. The van der Waals surface area contributed by atoms with E-state index in [4.69, 9.17) is 21.7 Å². The molecule has 0 amide bonds. The summed E-state index contributed by atoms with van der Waals surface area (Å²) >= 11 is 0. The van der Waals surface area contributed by atoms with E-state index in [1.807, 2.05) is 0 Å². The Balaban J connectivity index is -0.000000333. The molecule has 8 heteroatoms. The second-order valence-electron chi connectivity index (χ2n) is 1.81. The predicted octanol–water partition coefficient (Wildman–Crippen LogP) is 0.923. The van der Waals surface area contributed by atoms with Gasteiger partial charge in [0, 0.05) is 0 Å². The molecule has 0 fully saturated rings. The number of pyridine rings is 1. The highest BCUT2D eigenvalue weighted by Gasteiger charge is 2.03. The zero-order valence-corrected chi connectivity index (χ0v) is 8.75. The Morgan fingerprint density at radius 2 is 1.23 bits per heavy atom. The molecule has 0 atom stereocenters. The quantitative estimate of drug-likeness (QED) is 0.548. The van der Waals surface area contributed by atoms with Crippen molar-refractivity contribution in [2.75, 3.05) is 11.5 Å². The summed E-state index contributed by atoms with van der Waals surface area (Å²) in [7, 11) is 0. The SMILES string of the molecule is Cl.Cl.Cl.Nc1cc(N)c(O)nc1O. The number of rotatable bonds is 0. The van der Waals surface area contributed by atoms with E-state index in [0.29, 0.717) is 0 Å². The Hall–Kier alpha value is -0.780. The van der Waals surface area contributed by atoms with Gasteiger partial charge in [-0.05, 0) is 6.07 Å². The van der Waals surface area contributed by atoms with E-state index >= 15 is 0 Å². The number of nitrogens with two attached hydrogens (primary N) is 2. The van der Waals surface area contributed by atoms with Crippen LogP contribution >= 0.6 is 37.2 Å².